The highest BCUT2D eigenvalue weighted by Gasteiger charge is 2.39. The van der Waals surface area contributed by atoms with E-state index in [1.54, 1.807) is 0 Å². The van der Waals surface area contributed by atoms with Crippen molar-refractivity contribution < 1.29 is 4.76 Å². The first-order valence-electron chi connectivity index (χ1n) is 7.82. The van der Waals surface area contributed by atoms with Gasteiger partial charge in [0.2, 0.25) is 0 Å². The molecule has 0 spiro atoms. The van der Waals surface area contributed by atoms with E-state index in [-0.39, 0.29) is 7.05 Å². The molecule has 4 rings (SSSR count). The summed E-state index contributed by atoms with van der Waals surface area (Å²) in [6.07, 6.45) is 0. The summed E-state index contributed by atoms with van der Waals surface area (Å²) in [6, 6.07) is 25.8. The zero-order chi connectivity index (χ0) is 17.2. The largest absolute Gasteiger partial charge is 0.550 e. The minimum absolute atomic E-state index is 0.312. The third-order valence-electron chi connectivity index (χ3n) is 3.99. The van der Waals surface area contributed by atoms with Gasteiger partial charge in [0.05, 0.1) is 0 Å². The van der Waals surface area contributed by atoms with Gasteiger partial charge in [0.15, 0.2) is 5.84 Å². The third kappa shape index (κ3) is 3.30. The maximum atomic E-state index is 6.02. The molecule has 0 N–H and O–H groups in total. The molecule has 0 aliphatic carbocycles. The Labute approximate surface area is 160 Å². The van der Waals surface area contributed by atoms with Crippen LogP contribution in [0.15, 0.2) is 88.5 Å². The van der Waals surface area contributed by atoms with Gasteiger partial charge in [0, 0.05) is 20.7 Å². The Morgan fingerprint density at radius 3 is 2.24 bits per heavy atom. The van der Waals surface area contributed by atoms with Crippen LogP contribution >= 0.6 is 27.5 Å². The van der Waals surface area contributed by atoms with Crippen molar-refractivity contribution in [3.63, 3.8) is 0 Å². The normalized spacial score (nSPS) is 13.6. The highest BCUT2D eigenvalue weighted by Crippen LogP contribution is 2.26. The van der Waals surface area contributed by atoms with Gasteiger partial charge in [-0.05, 0) is 54.0 Å². The number of hydrogen-bond donors (Lipinski definition) is 0. The molecule has 0 radical (unpaired) electrons. The van der Waals surface area contributed by atoms with Crippen LogP contribution in [-0.4, -0.2) is 12.9 Å². The summed E-state index contributed by atoms with van der Waals surface area (Å²) in [5.74, 6) is 0.757. The summed E-state index contributed by atoms with van der Waals surface area (Å²) < 4.78 is 6.83. The summed E-state index contributed by atoms with van der Waals surface area (Å²) in [6.45, 7) is 0. The Bertz CT molecular complexity index is 901. The fourth-order valence-electron chi connectivity index (χ4n) is 2.78. The molecular weight excluding hydrogens is 398 g/mol. The second kappa shape index (κ2) is 6.94. The molecule has 3 aromatic carbocycles. The van der Waals surface area contributed by atoms with Crippen LogP contribution < -0.4 is 10.3 Å². The second-order valence-corrected chi connectivity index (χ2v) is 6.99. The molecule has 3 nitrogen and oxygen atoms in total. The number of hydrogen-bond acceptors (Lipinski definition) is 3. The van der Waals surface area contributed by atoms with Crippen molar-refractivity contribution in [1.29, 1.82) is 0 Å². The molecule has 122 valence electrons. The number of anilines is 1. The Balaban J connectivity index is 1.78. The highest BCUT2D eigenvalue weighted by atomic mass is 79.9. The number of benzene rings is 3. The van der Waals surface area contributed by atoms with E-state index in [0.717, 1.165) is 27.0 Å². The van der Waals surface area contributed by atoms with E-state index in [4.69, 9.17) is 16.4 Å². The maximum Gasteiger partial charge on any atom is 0.550 e. The van der Waals surface area contributed by atoms with Crippen molar-refractivity contribution in [3.8, 4) is 0 Å². The van der Waals surface area contributed by atoms with Crippen molar-refractivity contribution >= 4 is 51.6 Å². The standard InChI is InChI=1S/C19H13BBrClN2O/c21-16-8-12-18(13-9-16)24-19(14-6-10-17(22)11-7-14)23-25-20(24)15-4-2-1-3-5-15/h1-13H. The van der Waals surface area contributed by atoms with Crippen LogP contribution in [0.4, 0.5) is 5.69 Å². The van der Waals surface area contributed by atoms with Gasteiger partial charge in [-0.1, -0.05) is 63.0 Å². The molecule has 3 aromatic rings. The summed E-state index contributed by atoms with van der Waals surface area (Å²) in [4.78, 5) is 2.09. The topological polar surface area (TPSA) is 24.8 Å². The molecular formula is C19H13BBrClN2O. The molecule has 0 unspecified atom stereocenters. The predicted octanol–water partition coefficient (Wildman–Crippen LogP) is 4.70. The van der Waals surface area contributed by atoms with Crippen LogP contribution in [0, 0.1) is 0 Å². The molecule has 0 atom stereocenters. The fourth-order valence-corrected chi connectivity index (χ4v) is 3.17. The van der Waals surface area contributed by atoms with Gasteiger partial charge in [0.1, 0.15) is 0 Å². The number of rotatable bonds is 3. The first-order chi connectivity index (χ1) is 12.2. The van der Waals surface area contributed by atoms with Crippen molar-refractivity contribution in [2.45, 2.75) is 0 Å². The molecule has 0 saturated heterocycles. The van der Waals surface area contributed by atoms with Crippen LogP contribution in [-0.2, 0) is 4.76 Å². The Kier molecular flexibility index (Phi) is 4.51. The number of halogens is 2. The van der Waals surface area contributed by atoms with Crippen LogP contribution in [0.25, 0.3) is 0 Å². The van der Waals surface area contributed by atoms with Gasteiger partial charge in [-0.25, -0.2) is 0 Å². The number of oxime groups is 1. The first kappa shape index (κ1) is 16.2. The van der Waals surface area contributed by atoms with Gasteiger partial charge in [-0.3, -0.25) is 0 Å². The van der Waals surface area contributed by atoms with Crippen LogP contribution in [0.1, 0.15) is 5.56 Å². The lowest BCUT2D eigenvalue weighted by Gasteiger charge is -2.23. The quantitative estimate of drug-likeness (QED) is 0.584. The third-order valence-corrected chi connectivity index (χ3v) is 4.77. The van der Waals surface area contributed by atoms with Gasteiger partial charge in [-0.15, -0.1) is 0 Å². The predicted molar refractivity (Wildman–Crippen MR) is 108 cm³/mol. The average molecular weight is 411 g/mol. The van der Waals surface area contributed by atoms with E-state index in [9.17, 15) is 0 Å². The zero-order valence-corrected chi connectivity index (χ0v) is 15.5. The Morgan fingerprint density at radius 2 is 1.56 bits per heavy atom. The Hall–Kier alpha value is -2.24. The van der Waals surface area contributed by atoms with Gasteiger partial charge < -0.3 is 9.57 Å². The lowest BCUT2D eigenvalue weighted by Crippen LogP contribution is -2.49. The van der Waals surface area contributed by atoms with E-state index in [1.807, 2.05) is 78.9 Å². The fraction of sp³-hybridized carbons (Fsp3) is 0. The van der Waals surface area contributed by atoms with Gasteiger partial charge in [0.25, 0.3) is 0 Å². The van der Waals surface area contributed by atoms with E-state index < -0.39 is 0 Å². The van der Waals surface area contributed by atoms with Crippen LogP contribution in [0.2, 0.25) is 5.02 Å². The number of nitrogens with zero attached hydrogens (tertiary/aromatic N) is 2. The van der Waals surface area contributed by atoms with Gasteiger partial charge >= 0.3 is 7.05 Å². The highest BCUT2D eigenvalue weighted by molar-refractivity contribution is 9.10. The summed E-state index contributed by atoms with van der Waals surface area (Å²) in [7, 11) is -0.312. The summed E-state index contributed by atoms with van der Waals surface area (Å²) in [5, 5.41) is 5.05. The molecule has 0 saturated carbocycles. The van der Waals surface area contributed by atoms with Gasteiger partial charge in [-0.2, -0.15) is 0 Å². The van der Waals surface area contributed by atoms with Crippen molar-refractivity contribution in [2.24, 2.45) is 5.16 Å². The van der Waals surface area contributed by atoms with E-state index in [1.165, 1.54) is 0 Å². The summed E-state index contributed by atoms with van der Waals surface area (Å²) in [5.41, 5.74) is 2.99. The monoisotopic (exact) mass is 410 g/mol. The number of amidine groups is 1. The molecule has 25 heavy (non-hydrogen) atoms. The average Bonchev–Trinajstić information content (AvgIpc) is 3.09. The first-order valence-corrected chi connectivity index (χ1v) is 8.99. The molecule has 6 heteroatoms. The lowest BCUT2D eigenvalue weighted by atomic mass is 9.71. The van der Waals surface area contributed by atoms with E-state index in [0.29, 0.717) is 5.02 Å². The minimum atomic E-state index is -0.312. The molecule has 1 heterocycles. The van der Waals surface area contributed by atoms with Crippen LogP contribution in [0.5, 0.6) is 0 Å². The van der Waals surface area contributed by atoms with Crippen LogP contribution in [0.3, 0.4) is 0 Å². The molecule has 1 aliphatic heterocycles. The second-order valence-electron chi connectivity index (χ2n) is 5.64. The van der Waals surface area contributed by atoms with Crippen molar-refractivity contribution in [1.82, 2.24) is 0 Å². The van der Waals surface area contributed by atoms with Crippen molar-refractivity contribution in [3.05, 3.63) is 93.9 Å². The molecule has 0 fully saturated rings. The maximum absolute atomic E-state index is 6.02. The van der Waals surface area contributed by atoms with Crippen molar-refractivity contribution in [2.75, 3.05) is 4.81 Å². The molecule has 0 aromatic heterocycles. The molecule has 0 bridgehead atoms. The molecule has 0 amide bonds. The molecule has 1 aliphatic rings. The minimum Gasteiger partial charge on any atom is -0.432 e. The van der Waals surface area contributed by atoms with E-state index >= 15 is 0 Å². The van der Waals surface area contributed by atoms with E-state index in [2.05, 4.69) is 25.9 Å². The SMILES string of the molecule is Clc1ccc(C2=NOB(c3ccccc3)N2c2ccc(Br)cc2)cc1. The Morgan fingerprint density at radius 1 is 0.880 bits per heavy atom. The smallest absolute Gasteiger partial charge is 0.432 e. The zero-order valence-electron chi connectivity index (χ0n) is 13.1. The lowest BCUT2D eigenvalue weighted by molar-refractivity contribution is 0.367. The summed E-state index contributed by atoms with van der Waals surface area (Å²) >= 11 is 9.51.